The third-order valence-corrected chi connectivity index (χ3v) is 3.64. The molecule has 0 bridgehead atoms. The highest BCUT2D eigenvalue weighted by Gasteiger charge is 2.17. The van der Waals surface area contributed by atoms with Crippen LogP contribution in [0.25, 0.3) is 11.0 Å². The fraction of sp³-hybridized carbons (Fsp3) is 0.176. The van der Waals surface area contributed by atoms with E-state index in [1.165, 1.54) is 12.1 Å². The van der Waals surface area contributed by atoms with E-state index in [-0.39, 0.29) is 5.82 Å². The van der Waals surface area contributed by atoms with E-state index in [4.69, 9.17) is 10.2 Å². The minimum Gasteiger partial charge on any atom is -0.459 e. The van der Waals surface area contributed by atoms with Crippen molar-refractivity contribution in [3.05, 3.63) is 70.7 Å². The van der Waals surface area contributed by atoms with E-state index in [0.717, 1.165) is 27.7 Å². The zero-order valence-corrected chi connectivity index (χ0v) is 11.5. The number of halogens is 1. The van der Waals surface area contributed by atoms with Gasteiger partial charge in [-0.15, -0.1) is 0 Å². The van der Waals surface area contributed by atoms with Gasteiger partial charge >= 0.3 is 0 Å². The molecule has 1 heterocycles. The van der Waals surface area contributed by atoms with Gasteiger partial charge in [0.15, 0.2) is 0 Å². The molecule has 0 saturated carbocycles. The summed E-state index contributed by atoms with van der Waals surface area (Å²) in [6.07, 6.45) is 0. The number of hydrogen-bond donors (Lipinski definition) is 1. The molecule has 1 aromatic heterocycles. The maximum Gasteiger partial charge on any atom is 0.137 e. The van der Waals surface area contributed by atoms with Crippen LogP contribution in [0, 0.1) is 19.7 Å². The van der Waals surface area contributed by atoms with E-state index < -0.39 is 6.04 Å². The second-order valence-corrected chi connectivity index (χ2v) is 5.12. The highest BCUT2D eigenvalue weighted by Crippen LogP contribution is 2.30. The van der Waals surface area contributed by atoms with E-state index >= 15 is 0 Å². The van der Waals surface area contributed by atoms with Gasteiger partial charge < -0.3 is 10.2 Å². The monoisotopic (exact) mass is 269 g/mol. The van der Waals surface area contributed by atoms with Crippen LogP contribution in [0.15, 0.2) is 46.9 Å². The van der Waals surface area contributed by atoms with Crippen LogP contribution in [0.4, 0.5) is 4.39 Å². The van der Waals surface area contributed by atoms with Crippen molar-refractivity contribution in [2.45, 2.75) is 19.9 Å². The van der Waals surface area contributed by atoms with Crippen LogP contribution in [0.2, 0.25) is 0 Å². The Morgan fingerprint density at radius 1 is 1.05 bits per heavy atom. The van der Waals surface area contributed by atoms with Gasteiger partial charge in [-0.25, -0.2) is 4.39 Å². The van der Waals surface area contributed by atoms with E-state index in [2.05, 4.69) is 0 Å². The lowest BCUT2D eigenvalue weighted by molar-refractivity contribution is 0.521. The second kappa shape index (κ2) is 4.76. The van der Waals surface area contributed by atoms with Gasteiger partial charge in [-0.1, -0.05) is 24.3 Å². The fourth-order valence-electron chi connectivity index (χ4n) is 2.48. The first-order chi connectivity index (χ1) is 9.56. The molecule has 0 aliphatic carbocycles. The predicted octanol–water partition coefficient (Wildman–Crippen LogP) is 4.24. The summed E-state index contributed by atoms with van der Waals surface area (Å²) in [6.45, 7) is 3.91. The van der Waals surface area contributed by atoms with Gasteiger partial charge in [0.25, 0.3) is 0 Å². The molecule has 0 aliphatic heterocycles. The van der Waals surface area contributed by atoms with Crippen LogP contribution < -0.4 is 5.73 Å². The van der Waals surface area contributed by atoms with Crippen LogP contribution in [0.5, 0.6) is 0 Å². The van der Waals surface area contributed by atoms with Crippen LogP contribution >= 0.6 is 0 Å². The largest absolute Gasteiger partial charge is 0.459 e. The maximum absolute atomic E-state index is 13.4. The lowest BCUT2D eigenvalue weighted by atomic mass is 10.00. The summed E-state index contributed by atoms with van der Waals surface area (Å²) in [7, 11) is 0. The lowest BCUT2D eigenvalue weighted by Gasteiger charge is -2.12. The van der Waals surface area contributed by atoms with Crippen LogP contribution in [-0.2, 0) is 0 Å². The summed E-state index contributed by atoms with van der Waals surface area (Å²) in [4.78, 5) is 0. The standard InChI is InChI=1S/C17H16FNO/c1-10-6-7-13(18)9-14(10)16(19)15-8-12-5-3-4-11(2)17(12)20-15/h3-9,16H,19H2,1-2H3. The summed E-state index contributed by atoms with van der Waals surface area (Å²) in [5.74, 6) is 0.372. The minimum atomic E-state index is -0.461. The summed E-state index contributed by atoms with van der Waals surface area (Å²) in [6, 6.07) is 12.1. The Kier molecular flexibility index (Phi) is 3.07. The molecule has 0 saturated heterocycles. The van der Waals surface area contributed by atoms with Gasteiger partial charge in [0.1, 0.15) is 17.2 Å². The quantitative estimate of drug-likeness (QED) is 0.756. The smallest absolute Gasteiger partial charge is 0.137 e. The van der Waals surface area contributed by atoms with E-state index in [9.17, 15) is 4.39 Å². The van der Waals surface area contributed by atoms with Gasteiger partial charge in [0.05, 0.1) is 6.04 Å². The molecule has 2 aromatic carbocycles. The number of fused-ring (bicyclic) bond motifs is 1. The minimum absolute atomic E-state index is 0.284. The van der Waals surface area contributed by atoms with Crippen LogP contribution in [0.3, 0.4) is 0 Å². The van der Waals surface area contributed by atoms with Crippen molar-refractivity contribution in [3.8, 4) is 0 Å². The Labute approximate surface area is 117 Å². The van der Waals surface area contributed by atoms with E-state index in [0.29, 0.717) is 5.76 Å². The van der Waals surface area contributed by atoms with Crippen molar-refractivity contribution in [1.29, 1.82) is 0 Å². The molecule has 0 amide bonds. The van der Waals surface area contributed by atoms with E-state index in [1.807, 2.05) is 38.1 Å². The molecule has 3 aromatic rings. The van der Waals surface area contributed by atoms with Crippen molar-refractivity contribution >= 4 is 11.0 Å². The topological polar surface area (TPSA) is 39.2 Å². The van der Waals surface area contributed by atoms with Crippen molar-refractivity contribution < 1.29 is 8.81 Å². The zero-order chi connectivity index (χ0) is 14.3. The molecule has 0 aliphatic rings. The normalized spacial score (nSPS) is 12.8. The summed E-state index contributed by atoms with van der Waals surface area (Å²) < 4.78 is 19.3. The molecule has 0 radical (unpaired) electrons. The van der Waals surface area contributed by atoms with E-state index in [1.54, 1.807) is 6.07 Å². The second-order valence-electron chi connectivity index (χ2n) is 5.12. The highest BCUT2D eigenvalue weighted by molar-refractivity contribution is 5.81. The zero-order valence-electron chi connectivity index (χ0n) is 11.5. The van der Waals surface area contributed by atoms with Gasteiger partial charge in [0, 0.05) is 5.39 Å². The number of benzene rings is 2. The number of para-hydroxylation sites is 1. The van der Waals surface area contributed by atoms with Gasteiger partial charge in [-0.05, 0) is 48.7 Å². The Balaban J connectivity index is 2.10. The third kappa shape index (κ3) is 2.10. The molecule has 2 N–H and O–H groups in total. The average molecular weight is 269 g/mol. The molecule has 20 heavy (non-hydrogen) atoms. The first-order valence-corrected chi connectivity index (χ1v) is 6.57. The predicted molar refractivity (Wildman–Crippen MR) is 78.1 cm³/mol. The van der Waals surface area contributed by atoms with Crippen LogP contribution in [0.1, 0.15) is 28.5 Å². The molecule has 0 fully saturated rings. The molecule has 1 atom stereocenters. The SMILES string of the molecule is Cc1ccc(F)cc1C(N)c1cc2cccc(C)c2o1. The fourth-order valence-corrected chi connectivity index (χ4v) is 2.48. The Hall–Kier alpha value is -2.13. The number of furan rings is 1. The molecule has 0 spiro atoms. The maximum atomic E-state index is 13.4. The van der Waals surface area contributed by atoms with Crippen molar-refractivity contribution in [1.82, 2.24) is 0 Å². The Morgan fingerprint density at radius 3 is 2.60 bits per heavy atom. The summed E-state index contributed by atoms with van der Waals surface area (Å²) >= 11 is 0. The van der Waals surface area contributed by atoms with Gasteiger partial charge in [0.2, 0.25) is 0 Å². The first-order valence-electron chi connectivity index (χ1n) is 6.57. The van der Waals surface area contributed by atoms with Gasteiger partial charge in [-0.3, -0.25) is 0 Å². The number of hydrogen-bond acceptors (Lipinski definition) is 2. The lowest BCUT2D eigenvalue weighted by Crippen LogP contribution is -2.12. The molecule has 1 unspecified atom stereocenters. The van der Waals surface area contributed by atoms with Crippen molar-refractivity contribution in [2.24, 2.45) is 5.73 Å². The molecule has 3 heteroatoms. The third-order valence-electron chi connectivity index (χ3n) is 3.64. The number of rotatable bonds is 2. The highest BCUT2D eigenvalue weighted by atomic mass is 19.1. The summed E-state index contributed by atoms with van der Waals surface area (Å²) in [5.41, 5.74) is 9.85. The number of nitrogens with two attached hydrogens (primary N) is 1. The average Bonchev–Trinajstić information content (AvgIpc) is 2.86. The summed E-state index contributed by atoms with van der Waals surface area (Å²) in [5, 5.41) is 1.02. The van der Waals surface area contributed by atoms with Crippen LogP contribution in [-0.4, -0.2) is 0 Å². The van der Waals surface area contributed by atoms with Crippen molar-refractivity contribution in [3.63, 3.8) is 0 Å². The number of aryl methyl sites for hydroxylation is 2. The van der Waals surface area contributed by atoms with Gasteiger partial charge in [-0.2, -0.15) is 0 Å². The molecule has 2 nitrogen and oxygen atoms in total. The molecular weight excluding hydrogens is 253 g/mol. The molecule has 3 rings (SSSR count). The Morgan fingerprint density at radius 2 is 1.85 bits per heavy atom. The van der Waals surface area contributed by atoms with Crippen molar-refractivity contribution in [2.75, 3.05) is 0 Å². The Bertz CT molecular complexity index is 776. The first kappa shape index (κ1) is 12.9. The molecule has 102 valence electrons. The molecular formula is C17H16FNO.